The van der Waals surface area contributed by atoms with Crippen molar-refractivity contribution in [2.24, 2.45) is 18.0 Å². The average Bonchev–Trinajstić information content (AvgIpc) is 2.91. The maximum Gasteiger partial charge on any atom is 0.191 e. The predicted octanol–water partition coefficient (Wildman–Crippen LogP) is 2.48. The Kier molecular flexibility index (Phi) is 9.94. The minimum atomic E-state index is 0.249. The van der Waals surface area contributed by atoms with Crippen LogP contribution in [0.1, 0.15) is 58.1 Å². The van der Waals surface area contributed by atoms with E-state index in [0.717, 1.165) is 25.6 Å². The van der Waals surface area contributed by atoms with Crippen molar-refractivity contribution in [1.82, 2.24) is 30.2 Å². The van der Waals surface area contributed by atoms with E-state index in [2.05, 4.69) is 66.6 Å². The van der Waals surface area contributed by atoms with Crippen LogP contribution in [0, 0.1) is 5.92 Å². The Balaban J connectivity index is 2.02. The number of aliphatic imine (C=N–C) groups is 1. The summed E-state index contributed by atoms with van der Waals surface area (Å²) >= 11 is 0. The second-order valence-electron chi connectivity index (χ2n) is 8.79. The van der Waals surface area contributed by atoms with Crippen LogP contribution in [0.2, 0.25) is 0 Å². The van der Waals surface area contributed by atoms with Crippen LogP contribution < -0.4 is 10.6 Å². The quantitative estimate of drug-likeness (QED) is 0.488. The Labute approximate surface area is 177 Å². The summed E-state index contributed by atoms with van der Waals surface area (Å²) in [6, 6.07) is 0.755. The molecular formula is C22H43N7. The molecule has 166 valence electrons. The second-order valence-corrected chi connectivity index (χ2v) is 8.79. The highest BCUT2D eigenvalue weighted by Crippen LogP contribution is 2.18. The van der Waals surface area contributed by atoms with E-state index in [1.165, 1.54) is 44.3 Å². The molecule has 7 heteroatoms. The van der Waals surface area contributed by atoms with Gasteiger partial charge in [0.05, 0.1) is 18.8 Å². The number of rotatable bonds is 9. The summed E-state index contributed by atoms with van der Waals surface area (Å²) in [5.74, 6) is 1.51. The molecule has 0 aromatic carbocycles. The smallest absolute Gasteiger partial charge is 0.191 e. The van der Waals surface area contributed by atoms with Crippen molar-refractivity contribution in [3.63, 3.8) is 0 Å². The van der Waals surface area contributed by atoms with Crippen LogP contribution >= 0.6 is 0 Å². The average molecular weight is 406 g/mol. The molecule has 0 aliphatic carbocycles. The molecule has 0 saturated carbocycles. The number of likely N-dealkylation sites (tertiary alicyclic amines) is 1. The van der Waals surface area contributed by atoms with Gasteiger partial charge in [0.25, 0.3) is 0 Å². The summed E-state index contributed by atoms with van der Waals surface area (Å²) in [6.07, 6.45) is 9.42. The third-order valence-corrected chi connectivity index (χ3v) is 5.86. The van der Waals surface area contributed by atoms with E-state index in [4.69, 9.17) is 4.99 Å². The van der Waals surface area contributed by atoms with E-state index >= 15 is 0 Å². The number of nitrogens with one attached hydrogen (secondary N) is 2. The fourth-order valence-electron chi connectivity index (χ4n) is 4.11. The Morgan fingerprint density at radius 2 is 1.86 bits per heavy atom. The molecule has 0 spiro atoms. The molecule has 2 N–H and O–H groups in total. The van der Waals surface area contributed by atoms with Gasteiger partial charge in [0, 0.05) is 37.9 Å². The first-order chi connectivity index (χ1) is 13.9. The normalized spacial score (nSPS) is 18.7. The summed E-state index contributed by atoms with van der Waals surface area (Å²) < 4.78 is 1.86. The van der Waals surface area contributed by atoms with E-state index in [-0.39, 0.29) is 6.04 Å². The molecule has 1 aliphatic heterocycles. The Morgan fingerprint density at radius 3 is 2.38 bits per heavy atom. The van der Waals surface area contributed by atoms with Crippen molar-refractivity contribution in [3.8, 4) is 0 Å². The topological polar surface area (TPSA) is 60.7 Å². The minimum absolute atomic E-state index is 0.249. The van der Waals surface area contributed by atoms with Gasteiger partial charge in [-0.1, -0.05) is 26.7 Å². The summed E-state index contributed by atoms with van der Waals surface area (Å²) in [5, 5.41) is 11.3. The van der Waals surface area contributed by atoms with Crippen LogP contribution in [0.5, 0.6) is 0 Å². The zero-order chi connectivity index (χ0) is 21.2. The van der Waals surface area contributed by atoms with E-state index in [9.17, 15) is 0 Å². The van der Waals surface area contributed by atoms with Gasteiger partial charge in [-0.05, 0) is 52.9 Å². The fraction of sp³-hybridized carbons (Fsp3) is 0.818. The van der Waals surface area contributed by atoms with Gasteiger partial charge in [-0.25, -0.2) is 0 Å². The summed E-state index contributed by atoms with van der Waals surface area (Å²) in [6.45, 7) is 11.7. The maximum absolute atomic E-state index is 4.98. The van der Waals surface area contributed by atoms with Crippen molar-refractivity contribution in [2.45, 2.75) is 58.5 Å². The third kappa shape index (κ3) is 7.63. The molecular weight excluding hydrogens is 362 g/mol. The van der Waals surface area contributed by atoms with Crippen LogP contribution in [0.15, 0.2) is 17.4 Å². The highest BCUT2D eigenvalue weighted by Gasteiger charge is 2.23. The number of nitrogens with zero attached hydrogens (tertiary/aromatic N) is 5. The van der Waals surface area contributed by atoms with Crippen molar-refractivity contribution in [3.05, 3.63) is 18.0 Å². The molecule has 1 aliphatic rings. The standard InChI is InChI=1S/C22H43N7/c1-7-23-22(25-16-21(27(4)5)19-14-26-28(6)17-19)24-15-20(18(2)3)29-12-10-8-9-11-13-29/h14,17-18,20-21H,7-13,15-16H2,1-6H3,(H2,23,24,25). The number of likely N-dealkylation sites (N-methyl/N-ethyl adjacent to an activating group) is 1. The van der Waals surface area contributed by atoms with Gasteiger partial charge in [-0.2, -0.15) is 5.10 Å². The molecule has 1 aromatic heterocycles. The molecule has 2 heterocycles. The van der Waals surface area contributed by atoms with Crippen molar-refractivity contribution < 1.29 is 0 Å². The summed E-state index contributed by atoms with van der Waals surface area (Å²) in [4.78, 5) is 9.88. The molecule has 0 bridgehead atoms. The molecule has 7 nitrogen and oxygen atoms in total. The maximum atomic E-state index is 4.98. The number of aryl methyl sites for hydroxylation is 1. The van der Waals surface area contributed by atoms with Gasteiger partial charge in [-0.15, -0.1) is 0 Å². The SMILES string of the molecule is CCNC(=NCC(C(C)C)N1CCCCCC1)NCC(c1cnn(C)c1)N(C)C. The van der Waals surface area contributed by atoms with Gasteiger partial charge >= 0.3 is 0 Å². The molecule has 29 heavy (non-hydrogen) atoms. The minimum Gasteiger partial charge on any atom is -0.357 e. The largest absolute Gasteiger partial charge is 0.357 e. The second kappa shape index (κ2) is 12.2. The Morgan fingerprint density at radius 1 is 1.17 bits per heavy atom. The van der Waals surface area contributed by atoms with E-state index in [1.807, 2.05) is 17.9 Å². The van der Waals surface area contributed by atoms with E-state index in [0.29, 0.717) is 12.0 Å². The first-order valence-corrected chi connectivity index (χ1v) is 11.3. The fourth-order valence-corrected chi connectivity index (χ4v) is 4.11. The molecule has 0 amide bonds. The lowest BCUT2D eigenvalue weighted by Gasteiger charge is -2.32. The van der Waals surface area contributed by atoms with Crippen molar-refractivity contribution in [1.29, 1.82) is 0 Å². The molecule has 1 saturated heterocycles. The van der Waals surface area contributed by atoms with Crippen molar-refractivity contribution >= 4 is 5.96 Å². The monoisotopic (exact) mass is 405 g/mol. The predicted molar refractivity (Wildman–Crippen MR) is 122 cm³/mol. The van der Waals surface area contributed by atoms with E-state index in [1.54, 1.807) is 0 Å². The summed E-state index contributed by atoms with van der Waals surface area (Å²) in [7, 11) is 6.18. The highest BCUT2D eigenvalue weighted by atomic mass is 15.3. The van der Waals surface area contributed by atoms with Gasteiger partial charge in [0.15, 0.2) is 5.96 Å². The van der Waals surface area contributed by atoms with Crippen LogP contribution in [-0.4, -0.2) is 78.4 Å². The molecule has 1 fully saturated rings. The van der Waals surface area contributed by atoms with Crippen LogP contribution in [0.3, 0.4) is 0 Å². The molecule has 2 atom stereocenters. The number of hydrogen-bond acceptors (Lipinski definition) is 4. The molecule has 2 unspecified atom stereocenters. The number of aromatic nitrogens is 2. The van der Waals surface area contributed by atoms with Crippen LogP contribution in [-0.2, 0) is 7.05 Å². The van der Waals surface area contributed by atoms with Crippen molar-refractivity contribution in [2.75, 3.05) is 46.8 Å². The molecule has 2 rings (SSSR count). The van der Waals surface area contributed by atoms with Crippen LogP contribution in [0.25, 0.3) is 0 Å². The van der Waals surface area contributed by atoms with Crippen LogP contribution in [0.4, 0.5) is 0 Å². The lowest BCUT2D eigenvalue weighted by atomic mass is 10.0. The zero-order valence-corrected chi connectivity index (χ0v) is 19.5. The van der Waals surface area contributed by atoms with E-state index < -0.39 is 0 Å². The Bertz CT molecular complexity index is 600. The Hall–Kier alpha value is -1.60. The van der Waals surface area contributed by atoms with Gasteiger partial charge in [0.2, 0.25) is 0 Å². The number of hydrogen-bond donors (Lipinski definition) is 2. The molecule has 0 radical (unpaired) electrons. The first-order valence-electron chi connectivity index (χ1n) is 11.3. The van der Waals surface area contributed by atoms with Gasteiger partial charge in [0.1, 0.15) is 0 Å². The summed E-state index contributed by atoms with van der Waals surface area (Å²) in [5.41, 5.74) is 1.21. The zero-order valence-electron chi connectivity index (χ0n) is 19.5. The lowest BCUT2D eigenvalue weighted by molar-refractivity contribution is 0.166. The first kappa shape index (κ1) is 23.7. The lowest BCUT2D eigenvalue weighted by Crippen LogP contribution is -2.45. The molecule has 1 aromatic rings. The highest BCUT2D eigenvalue weighted by molar-refractivity contribution is 5.79. The number of guanidine groups is 1. The third-order valence-electron chi connectivity index (χ3n) is 5.86. The van der Waals surface area contributed by atoms with Gasteiger partial charge in [-0.3, -0.25) is 14.6 Å². The van der Waals surface area contributed by atoms with Gasteiger partial charge < -0.3 is 15.5 Å².